The Morgan fingerprint density at radius 2 is 0.534 bits per heavy atom. The fourth-order valence-corrected chi connectivity index (χ4v) is 18.6. The van der Waals surface area contributed by atoms with Gasteiger partial charge in [0.15, 0.2) is 29.1 Å². The van der Waals surface area contributed by atoms with Crippen LogP contribution in [0.25, 0.3) is 233 Å². The number of fused-ring (bicyclic) bond motifs is 9. The van der Waals surface area contributed by atoms with E-state index in [-0.39, 0.29) is 5.41 Å². The molecule has 0 aliphatic rings. The van der Waals surface area contributed by atoms with E-state index in [1.54, 1.807) is 0 Å². The Bertz CT molecular complexity index is 8380. The Balaban J connectivity index is 0.000000119. The Morgan fingerprint density at radius 3 is 1.11 bits per heavy atom. The maximum Gasteiger partial charge on any atom is 0.164 e. The predicted octanol–water partition coefficient (Wildman–Crippen LogP) is 33.3. The van der Waals surface area contributed by atoms with E-state index in [0.29, 0.717) is 17.5 Å². The normalized spacial score (nSPS) is 11.4. The van der Waals surface area contributed by atoms with E-state index in [2.05, 4.69) is 365 Å². The first-order valence-electron chi connectivity index (χ1n) is 44.8. The molecular formula is C123H85N7O2S. The van der Waals surface area contributed by atoms with Gasteiger partial charge in [0.25, 0.3) is 0 Å². The average Bonchev–Trinajstić information content (AvgIpc) is 1.63. The molecule has 0 amide bonds. The molecule has 0 radical (unpaired) electrons. The van der Waals surface area contributed by atoms with Crippen LogP contribution in [0.3, 0.4) is 0 Å². The van der Waals surface area contributed by atoms with Gasteiger partial charge in [-0.15, -0.1) is 11.3 Å². The van der Waals surface area contributed by atoms with E-state index in [9.17, 15) is 0 Å². The molecule has 0 saturated carbocycles. The van der Waals surface area contributed by atoms with Crippen molar-refractivity contribution in [2.24, 2.45) is 0 Å². The summed E-state index contributed by atoms with van der Waals surface area (Å²) in [7, 11) is 0. The van der Waals surface area contributed by atoms with Crippen LogP contribution in [0.5, 0.6) is 0 Å². The topological polar surface area (TPSA) is 117 Å². The average molecular weight is 1730 g/mol. The minimum atomic E-state index is -0.0930. The van der Waals surface area contributed by atoms with Crippen molar-refractivity contribution in [2.45, 2.75) is 26.2 Å². The zero-order valence-corrected chi connectivity index (χ0v) is 74.1. The van der Waals surface area contributed by atoms with Gasteiger partial charge in [-0.25, -0.2) is 34.9 Å². The van der Waals surface area contributed by atoms with Crippen molar-refractivity contribution in [3.63, 3.8) is 0 Å². The molecule has 0 aliphatic heterocycles. The number of hydrogen-bond acceptors (Lipinski definition) is 10. The molecule has 0 fully saturated rings. The predicted molar refractivity (Wildman–Crippen MR) is 552 cm³/mol. The van der Waals surface area contributed by atoms with Gasteiger partial charge in [0, 0.05) is 97.8 Å². The molecule has 630 valence electrons. The van der Waals surface area contributed by atoms with E-state index < -0.39 is 0 Å². The Kier molecular flexibility index (Phi) is 22.0. The molecular weight excluding hydrogens is 1640 g/mol. The number of rotatable bonds is 15. The first-order chi connectivity index (χ1) is 65.5. The van der Waals surface area contributed by atoms with Crippen molar-refractivity contribution < 1.29 is 8.83 Å². The third kappa shape index (κ3) is 17.2. The lowest BCUT2D eigenvalue weighted by Crippen LogP contribution is -2.15. The van der Waals surface area contributed by atoms with Crippen LogP contribution in [0, 0.1) is 0 Å². The van der Waals surface area contributed by atoms with Gasteiger partial charge in [-0.05, 0) is 181 Å². The summed E-state index contributed by atoms with van der Waals surface area (Å²) in [5.74, 6) is 3.33. The number of benzene rings is 18. The quantitative estimate of drug-likeness (QED) is 0.0989. The molecule has 10 heteroatoms. The number of aromatic nitrogens is 7. The van der Waals surface area contributed by atoms with Gasteiger partial charge < -0.3 is 8.83 Å². The number of hydrogen-bond donors (Lipinski definition) is 0. The van der Waals surface area contributed by atoms with Crippen LogP contribution in [0.2, 0.25) is 0 Å². The summed E-state index contributed by atoms with van der Waals surface area (Å²) in [6.07, 6.45) is 1.83. The summed E-state index contributed by atoms with van der Waals surface area (Å²) in [5.41, 5.74) is 31.9. The van der Waals surface area contributed by atoms with E-state index in [4.69, 9.17) is 38.7 Å². The van der Waals surface area contributed by atoms with Crippen molar-refractivity contribution in [3.05, 3.63) is 467 Å². The second-order valence-electron chi connectivity index (χ2n) is 34.3. The van der Waals surface area contributed by atoms with Crippen LogP contribution in [0.15, 0.2) is 470 Å². The number of thiophene rings is 1. The smallest absolute Gasteiger partial charge is 0.164 e. The number of para-hydroxylation sites is 3. The molecule has 6 heterocycles. The van der Waals surface area contributed by atoms with E-state index in [1.807, 2.05) is 133 Å². The van der Waals surface area contributed by atoms with Crippen LogP contribution in [0.1, 0.15) is 26.5 Å². The van der Waals surface area contributed by atoms with Crippen molar-refractivity contribution in [2.75, 3.05) is 0 Å². The van der Waals surface area contributed by atoms with Gasteiger partial charge in [-0.3, -0.25) is 0 Å². The van der Waals surface area contributed by atoms with Crippen LogP contribution in [-0.2, 0) is 5.41 Å². The number of nitrogens with zero attached hydrogens (tertiary/aromatic N) is 7. The fourth-order valence-electron chi connectivity index (χ4n) is 17.5. The lowest BCUT2D eigenvalue weighted by Gasteiger charge is -2.19. The SMILES string of the molecule is CC(C)(C)c1cc(-c2ccccc2)nc(-c2ccc(-c3cccc(-c4cccc5c4oc4ccccc45)c3)cc2)n1.c1ccc(-c2cccc(-c3cc(-c4ccccc4)cc(-c4ccc(-c5nc(-c6ccccc6)nc(-c6ccc7oc8ccccc8c7c6)n5)cc4)c3)c2)cc1.c1ccc(-c2ccnc(-c3ccc(-c4cccc(-c5ccc6sc7ccccc7c6c5)c4)cc3)n2)cc1. The van der Waals surface area contributed by atoms with Gasteiger partial charge in [-0.1, -0.05) is 379 Å². The maximum absolute atomic E-state index is 6.31. The summed E-state index contributed by atoms with van der Waals surface area (Å²) >= 11 is 1.85. The highest BCUT2D eigenvalue weighted by Gasteiger charge is 2.23. The minimum Gasteiger partial charge on any atom is -0.456 e. The largest absolute Gasteiger partial charge is 0.456 e. The molecule has 0 bridgehead atoms. The van der Waals surface area contributed by atoms with Gasteiger partial charge in [0.1, 0.15) is 22.3 Å². The van der Waals surface area contributed by atoms with Crippen molar-refractivity contribution in [1.29, 1.82) is 0 Å². The first kappa shape index (κ1) is 81.7. The third-order valence-corrected chi connectivity index (χ3v) is 25.7. The summed E-state index contributed by atoms with van der Waals surface area (Å²) < 4.78 is 15.1. The highest BCUT2D eigenvalue weighted by molar-refractivity contribution is 7.25. The molecule has 6 aromatic heterocycles. The lowest BCUT2D eigenvalue weighted by atomic mass is 9.90. The van der Waals surface area contributed by atoms with E-state index >= 15 is 0 Å². The molecule has 18 aromatic carbocycles. The molecule has 0 unspecified atom stereocenters. The molecule has 133 heavy (non-hydrogen) atoms. The Hall–Kier alpha value is -17.1. The second kappa shape index (κ2) is 35.9. The first-order valence-corrected chi connectivity index (χ1v) is 45.6. The van der Waals surface area contributed by atoms with Gasteiger partial charge >= 0.3 is 0 Å². The number of furan rings is 2. The highest BCUT2D eigenvalue weighted by Crippen LogP contribution is 2.43. The third-order valence-electron chi connectivity index (χ3n) is 24.5. The Morgan fingerprint density at radius 1 is 0.195 bits per heavy atom. The molecule has 0 saturated heterocycles. The van der Waals surface area contributed by atoms with Gasteiger partial charge in [0.05, 0.1) is 17.1 Å². The molecule has 0 N–H and O–H groups in total. The minimum absolute atomic E-state index is 0.0930. The van der Waals surface area contributed by atoms with Crippen molar-refractivity contribution in [3.8, 4) is 168 Å². The molecule has 24 aromatic rings. The second-order valence-corrected chi connectivity index (χ2v) is 35.4. The lowest BCUT2D eigenvalue weighted by molar-refractivity contribution is 0.568. The molecule has 0 aliphatic carbocycles. The van der Waals surface area contributed by atoms with Gasteiger partial charge in [-0.2, -0.15) is 0 Å². The van der Waals surface area contributed by atoms with Crippen LogP contribution >= 0.6 is 11.3 Å². The zero-order chi connectivity index (χ0) is 89.1. The van der Waals surface area contributed by atoms with Crippen LogP contribution in [-0.4, -0.2) is 34.9 Å². The maximum atomic E-state index is 6.31. The highest BCUT2D eigenvalue weighted by atomic mass is 32.1. The van der Waals surface area contributed by atoms with Gasteiger partial charge in [0.2, 0.25) is 0 Å². The molecule has 9 nitrogen and oxygen atoms in total. The molecule has 0 atom stereocenters. The summed E-state index contributed by atoms with van der Waals surface area (Å²) in [4.78, 5) is 34.3. The summed E-state index contributed by atoms with van der Waals surface area (Å²) in [5, 5.41) is 7.03. The summed E-state index contributed by atoms with van der Waals surface area (Å²) in [6, 6.07) is 159. The van der Waals surface area contributed by atoms with E-state index in [0.717, 1.165) is 150 Å². The summed E-state index contributed by atoms with van der Waals surface area (Å²) in [6.45, 7) is 6.57. The van der Waals surface area contributed by atoms with Crippen molar-refractivity contribution >= 4 is 75.4 Å². The molecule has 24 rings (SSSR count). The standard InChI is InChI=1S/C51H33N3O.C38H30N2O.C34H22N2S/c1-4-13-34(14-5-1)39-19-12-20-40(29-39)44-31-42(35-15-6-2-7-16-35)30-43(32-44)36-23-25-38(26-24-36)50-52-49(37-17-8-3-9-18-37)53-51(54-50)41-27-28-48-46(33-41)45-21-10-11-22-47(45)55-48;1-38(2,3)35-24-33(26-11-5-4-6-12-26)39-37(40-35)27-21-19-25(20-22-27)28-13-9-14-29(23-28)30-16-10-17-32-31-15-7-8-18-34(31)41-36(30)32;1-2-7-24(8-3-1)31-19-20-35-34(36-31)25-15-13-23(14-16-25)26-9-6-10-27(21-26)28-17-18-33-30(22-28)29-11-4-5-12-32(29)37-33/h1-33H;4-24H,1-3H3;1-22H. The van der Waals surface area contributed by atoms with Crippen LogP contribution < -0.4 is 0 Å². The molecule has 0 spiro atoms. The zero-order valence-electron chi connectivity index (χ0n) is 73.2. The van der Waals surface area contributed by atoms with E-state index in [1.165, 1.54) is 70.2 Å². The Labute approximate surface area is 775 Å². The van der Waals surface area contributed by atoms with Crippen molar-refractivity contribution in [1.82, 2.24) is 34.9 Å². The fraction of sp³-hybridized carbons (Fsp3) is 0.0325. The van der Waals surface area contributed by atoms with Crippen LogP contribution in [0.4, 0.5) is 0 Å². The monoisotopic (exact) mass is 1720 g/mol.